The molecule has 0 aliphatic heterocycles. The van der Waals surface area contributed by atoms with E-state index in [1.165, 1.54) is 13.1 Å². The van der Waals surface area contributed by atoms with Crippen LogP contribution in [-0.2, 0) is 14.8 Å². The van der Waals surface area contributed by atoms with E-state index in [2.05, 4.69) is 10.5 Å². The van der Waals surface area contributed by atoms with Crippen LogP contribution in [0, 0.1) is 0 Å². The molecule has 0 saturated heterocycles. The van der Waals surface area contributed by atoms with Gasteiger partial charge in [-0.3, -0.25) is 9.10 Å². The molecule has 0 aliphatic rings. The van der Waals surface area contributed by atoms with Crippen molar-refractivity contribution in [3.8, 4) is 0 Å². The van der Waals surface area contributed by atoms with Gasteiger partial charge in [-0.25, -0.2) is 13.8 Å². The van der Waals surface area contributed by atoms with Crippen molar-refractivity contribution in [2.75, 3.05) is 10.6 Å². The first-order valence-corrected chi connectivity index (χ1v) is 9.65. The van der Waals surface area contributed by atoms with Crippen molar-refractivity contribution in [3.05, 3.63) is 65.2 Å². The Hall–Kier alpha value is -2.38. The number of rotatable bonds is 6. The van der Waals surface area contributed by atoms with Crippen LogP contribution in [-0.4, -0.2) is 32.8 Å². The molecule has 2 aromatic carbocycles. The van der Waals surface area contributed by atoms with E-state index in [1.807, 2.05) is 0 Å². The first-order valence-electron chi connectivity index (χ1n) is 7.42. The van der Waals surface area contributed by atoms with Crippen LogP contribution in [0.3, 0.4) is 0 Å². The van der Waals surface area contributed by atoms with Crippen LogP contribution in [0.5, 0.6) is 0 Å². The fourth-order valence-electron chi connectivity index (χ4n) is 2.22. The second-order valence-corrected chi connectivity index (χ2v) is 7.59. The number of sulfonamides is 1. The zero-order valence-corrected chi connectivity index (χ0v) is 15.3. The predicted octanol–water partition coefficient (Wildman–Crippen LogP) is 2.64. The molecule has 1 atom stereocenters. The standard InChI is InChI=1S/C17H18ClN3O3S/c1-13(21(25(2,23)24)15-9-4-3-5-10-15)17(22)20-19-12-14-8-6-7-11-16(14)18/h3-13H,1-2H3,(H,20,22)/b19-12-/t13-/m1/s1. The number of amides is 1. The van der Waals surface area contributed by atoms with Gasteiger partial charge in [0.15, 0.2) is 0 Å². The molecule has 0 aromatic heterocycles. The highest BCUT2D eigenvalue weighted by Gasteiger charge is 2.28. The summed E-state index contributed by atoms with van der Waals surface area (Å²) in [6.45, 7) is 1.49. The van der Waals surface area contributed by atoms with Crippen LogP contribution in [0.25, 0.3) is 0 Å². The van der Waals surface area contributed by atoms with Crippen molar-refractivity contribution in [2.24, 2.45) is 5.10 Å². The van der Waals surface area contributed by atoms with Gasteiger partial charge in [0.2, 0.25) is 10.0 Å². The first-order chi connectivity index (χ1) is 11.8. The number of para-hydroxylation sites is 1. The number of nitrogens with one attached hydrogen (secondary N) is 1. The highest BCUT2D eigenvalue weighted by Crippen LogP contribution is 2.20. The SMILES string of the molecule is C[C@H](C(=O)N/N=C\c1ccccc1Cl)N(c1ccccc1)S(C)(=O)=O. The molecule has 0 fully saturated rings. The molecule has 0 heterocycles. The summed E-state index contributed by atoms with van der Waals surface area (Å²) < 4.78 is 25.3. The number of halogens is 1. The van der Waals surface area contributed by atoms with E-state index < -0.39 is 22.0 Å². The van der Waals surface area contributed by atoms with Gasteiger partial charge < -0.3 is 0 Å². The Balaban J connectivity index is 2.15. The number of carbonyl (C=O) groups excluding carboxylic acids is 1. The largest absolute Gasteiger partial charge is 0.271 e. The summed E-state index contributed by atoms with van der Waals surface area (Å²) in [5.41, 5.74) is 3.39. The molecule has 1 amide bonds. The van der Waals surface area contributed by atoms with E-state index in [0.717, 1.165) is 10.6 Å². The normalized spacial score (nSPS) is 12.8. The lowest BCUT2D eigenvalue weighted by Gasteiger charge is -2.27. The highest BCUT2D eigenvalue weighted by atomic mass is 35.5. The number of nitrogens with zero attached hydrogens (tertiary/aromatic N) is 2. The van der Waals surface area contributed by atoms with Gasteiger partial charge in [0, 0.05) is 10.6 Å². The fourth-order valence-corrected chi connectivity index (χ4v) is 3.58. The Morgan fingerprint density at radius 1 is 1.16 bits per heavy atom. The summed E-state index contributed by atoms with van der Waals surface area (Å²) in [5.74, 6) is -0.558. The maximum Gasteiger partial charge on any atom is 0.263 e. The van der Waals surface area contributed by atoms with Gasteiger partial charge in [-0.15, -0.1) is 0 Å². The molecule has 0 radical (unpaired) electrons. The van der Waals surface area contributed by atoms with Crippen molar-refractivity contribution in [1.82, 2.24) is 5.43 Å². The smallest absolute Gasteiger partial charge is 0.263 e. The lowest BCUT2D eigenvalue weighted by atomic mass is 10.2. The Labute approximate surface area is 152 Å². The van der Waals surface area contributed by atoms with Crippen molar-refractivity contribution in [3.63, 3.8) is 0 Å². The number of hydrazone groups is 1. The topological polar surface area (TPSA) is 78.8 Å². The van der Waals surface area contributed by atoms with Crippen LogP contribution in [0.2, 0.25) is 5.02 Å². The van der Waals surface area contributed by atoms with E-state index in [1.54, 1.807) is 54.6 Å². The average Bonchev–Trinajstić information content (AvgIpc) is 2.56. The van der Waals surface area contributed by atoms with Crippen LogP contribution >= 0.6 is 11.6 Å². The van der Waals surface area contributed by atoms with Crippen LogP contribution in [0.4, 0.5) is 5.69 Å². The molecule has 25 heavy (non-hydrogen) atoms. The molecule has 2 rings (SSSR count). The molecule has 0 aliphatic carbocycles. The molecule has 1 N–H and O–H groups in total. The lowest BCUT2D eigenvalue weighted by Crippen LogP contribution is -2.46. The minimum absolute atomic E-state index is 0.405. The maximum atomic E-state index is 12.3. The quantitative estimate of drug-likeness (QED) is 0.619. The Bertz CT molecular complexity index is 870. The van der Waals surface area contributed by atoms with Gasteiger partial charge in [-0.05, 0) is 25.1 Å². The summed E-state index contributed by atoms with van der Waals surface area (Å²) in [5, 5.41) is 4.35. The predicted molar refractivity (Wildman–Crippen MR) is 100 cm³/mol. The summed E-state index contributed by atoms with van der Waals surface area (Å²) in [7, 11) is -3.65. The van der Waals surface area contributed by atoms with Crippen molar-refractivity contribution < 1.29 is 13.2 Å². The number of benzene rings is 2. The highest BCUT2D eigenvalue weighted by molar-refractivity contribution is 7.92. The van der Waals surface area contributed by atoms with E-state index in [9.17, 15) is 13.2 Å². The number of carbonyl (C=O) groups is 1. The number of hydrogen-bond donors (Lipinski definition) is 1. The molecule has 6 nitrogen and oxygen atoms in total. The van der Waals surface area contributed by atoms with Crippen LogP contribution in [0.15, 0.2) is 59.7 Å². The van der Waals surface area contributed by atoms with Gasteiger partial charge >= 0.3 is 0 Å². The van der Waals surface area contributed by atoms with E-state index >= 15 is 0 Å². The average molecular weight is 380 g/mol. The Kier molecular flexibility index (Phi) is 6.17. The molecule has 0 saturated carbocycles. The third-order valence-electron chi connectivity index (χ3n) is 3.38. The van der Waals surface area contributed by atoms with Crippen LogP contribution < -0.4 is 9.73 Å². The van der Waals surface area contributed by atoms with Gasteiger partial charge in [0.05, 0.1) is 18.2 Å². The third-order valence-corrected chi connectivity index (χ3v) is 4.97. The van der Waals surface area contributed by atoms with Crippen molar-refractivity contribution in [1.29, 1.82) is 0 Å². The Morgan fingerprint density at radius 2 is 1.76 bits per heavy atom. The minimum Gasteiger partial charge on any atom is -0.271 e. The summed E-state index contributed by atoms with van der Waals surface area (Å²) in [6, 6.07) is 14.5. The molecule has 0 bridgehead atoms. The van der Waals surface area contributed by atoms with E-state index in [0.29, 0.717) is 16.3 Å². The summed E-state index contributed by atoms with van der Waals surface area (Å²) in [4.78, 5) is 12.3. The van der Waals surface area contributed by atoms with Gasteiger partial charge in [0.25, 0.3) is 5.91 Å². The van der Waals surface area contributed by atoms with Crippen LogP contribution in [0.1, 0.15) is 12.5 Å². The first kappa shape index (κ1) is 19.0. The molecule has 2 aromatic rings. The maximum absolute atomic E-state index is 12.3. The zero-order valence-electron chi connectivity index (χ0n) is 13.8. The third kappa shape index (κ3) is 5.04. The van der Waals surface area contributed by atoms with Gasteiger partial charge in [-0.2, -0.15) is 5.10 Å². The minimum atomic E-state index is -3.65. The van der Waals surface area contributed by atoms with Crippen molar-refractivity contribution in [2.45, 2.75) is 13.0 Å². The van der Waals surface area contributed by atoms with Crippen molar-refractivity contribution >= 4 is 39.4 Å². The molecular formula is C17H18ClN3O3S. The Morgan fingerprint density at radius 3 is 2.36 bits per heavy atom. The van der Waals surface area contributed by atoms with E-state index in [4.69, 9.17) is 11.6 Å². The second kappa shape index (κ2) is 8.13. The second-order valence-electron chi connectivity index (χ2n) is 5.33. The van der Waals surface area contributed by atoms with Gasteiger partial charge in [-0.1, -0.05) is 48.0 Å². The number of hydrogen-bond acceptors (Lipinski definition) is 4. The monoisotopic (exact) mass is 379 g/mol. The van der Waals surface area contributed by atoms with E-state index in [-0.39, 0.29) is 0 Å². The number of anilines is 1. The molecule has 0 unspecified atom stereocenters. The molecule has 8 heteroatoms. The molecular weight excluding hydrogens is 362 g/mol. The summed E-state index contributed by atoms with van der Waals surface area (Å²) >= 11 is 6.00. The molecule has 0 spiro atoms. The van der Waals surface area contributed by atoms with Gasteiger partial charge in [0.1, 0.15) is 6.04 Å². The fraction of sp³-hybridized carbons (Fsp3) is 0.176. The zero-order chi connectivity index (χ0) is 18.4. The summed E-state index contributed by atoms with van der Waals surface area (Å²) in [6.07, 6.45) is 2.46. The lowest BCUT2D eigenvalue weighted by molar-refractivity contribution is -0.121. The molecule has 132 valence electrons.